The molecule has 0 N–H and O–H groups in total. The van der Waals surface area contributed by atoms with Gasteiger partial charge in [0.2, 0.25) is 0 Å². The zero-order valence-electron chi connectivity index (χ0n) is 5.38. The lowest BCUT2D eigenvalue weighted by atomic mass is 11.0. The van der Waals surface area contributed by atoms with Gasteiger partial charge in [0.1, 0.15) is 0 Å². The molecular formula is C6H19Cl. The van der Waals surface area contributed by atoms with Crippen molar-refractivity contribution in [1.82, 2.24) is 0 Å². The monoisotopic (exact) mass is 126 g/mol. The van der Waals surface area contributed by atoms with Crippen LogP contribution in [0, 0.1) is 0 Å². The predicted molar refractivity (Wildman–Crippen MR) is 41.2 cm³/mol. The molecule has 0 aliphatic rings. The van der Waals surface area contributed by atoms with Gasteiger partial charge in [-0.25, -0.2) is 0 Å². The third-order valence-corrected chi connectivity index (χ3v) is 0. The standard InChI is InChI=1S/2C2H6.CH3Cl.CH4/c3*1-2;/h2*1-2H3;1H3;1H4. The number of alkyl halides is 1. The SMILES string of the molecule is C.CC.CC.CCl. The van der Waals surface area contributed by atoms with Crippen LogP contribution in [-0.4, -0.2) is 6.38 Å². The highest BCUT2D eigenvalue weighted by Gasteiger charge is 0.944. The second-order valence-corrected chi connectivity index (χ2v) is 0. The minimum absolute atomic E-state index is 0. The first-order valence-corrected chi connectivity index (χ1v) is 3.13. The average Bonchev–Trinajstić information content (AvgIpc) is 1.81. The van der Waals surface area contributed by atoms with E-state index in [1.165, 1.54) is 6.38 Å². The molecule has 0 bridgehead atoms. The molecule has 0 spiro atoms. The molecule has 0 aliphatic heterocycles. The fourth-order valence-electron chi connectivity index (χ4n) is 0. The van der Waals surface area contributed by atoms with Crippen LogP contribution >= 0.6 is 11.6 Å². The van der Waals surface area contributed by atoms with Crippen molar-refractivity contribution in [3.63, 3.8) is 0 Å². The van der Waals surface area contributed by atoms with Crippen LogP contribution in [0.25, 0.3) is 0 Å². The highest BCUT2D eigenvalue weighted by atomic mass is 35.5. The van der Waals surface area contributed by atoms with Gasteiger partial charge in [0.15, 0.2) is 0 Å². The summed E-state index contributed by atoms with van der Waals surface area (Å²) < 4.78 is 0. The number of halogens is 1. The largest absolute Gasteiger partial charge is 0.130 e. The lowest BCUT2D eigenvalue weighted by Gasteiger charge is -1.07. The Morgan fingerprint density at radius 2 is 0.714 bits per heavy atom. The molecule has 1 heteroatoms. The van der Waals surface area contributed by atoms with Crippen molar-refractivity contribution in [2.75, 3.05) is 6.38 Å². The highest BCUT2D eigenvalue weighted by molar-refractivity contribution is 6.15. The van der Waals surface area contributed by atoms with E-state index < -0.39 is 0 Å². The van der Waals surface area contributed by atoms with Crippen LogP contribution in [0.2, 0.25) is 0 Å². The van der Waals surface area contributed by atoms with Crippen molar-refractivity contribution in [3.05, 3.63) is 0 Å². The summed E-state index contributed by atoms with van der Waals surface area (Å²) in [5.41, 5.74) is 0. The molecule has 0 unspecified atom stereocenters. The average molecular weight is 127 g/mol. The lowest BCUT2D eigenvalue weighted by molar-refractivity contribution is 1.50. The van der Waals surface area contributed by atoms with Gasteiger partial charge in [0.05, 0.1) is 0 Å². The summed E-state index contributed by atoms with van der Waals surface area (Å²) in [6.07, 6.45) is 1.47. The molecule has 0 aromatic rings. The zero-order chi connectivity index (χ0) is 6.00. The highest BCUT2D eigenvalue weighted by Crippen LogP contribution is 1.34. The van der Waals surface area contributed by atoms with E-state index >= 15 is 0 Å². The smallest absolute Gasteiger partial charge is 0.0108 e. The van der Waals surface area contributed by atoms with Gasteiger partial charge in [-0.2, -0.15) is 0 Å². The fraction of sp³-hybridized carbons (Fsp3) is 1.00. The molecule has 0 nitrogen and oxygen atoms in total. The van der Waals surface area contributed by atoms with Crippen LogP contribution in [0.1, 0.15) is 35.1 Å². The van der Waals surface area contributed by atoms with Crippen LogP contribution in [0.4, 0.5) is 0 Å². The van der Waals surface area contributed by atoms with Gasteiger partial charge in [-0.15, -0.1) is 11.6 Å². The minimum Gasteiger partial charge on any atom is -0.130 e. The third-order valence-electron chi connectivity index (χ3n) is 0. The second-order valence-electron chi connectivity index (χ2n) is 0. The molecule has 7 heavy (non-hydrogen) atoms. The molecule has 0 aromatic carbocycles. The number of hydrogen-bond donors (Lipinski definition) is 0. The van der Waals surface area contributed by atoms with Crippen molar-refractivity contribution in [1.29, 1.82) is 0 Å². The maximum atomic E-state index is 4.64. The first-order chi connectivity index (χ1) is 3.00. The van der Waals surface area contributed by atoms with E-state index in [4.69, 9.17) is 0 Å². The van der Waals surface area contributed by atoms with E-state index in [-0.39, 0.29) is 7.43 Å². The van der Waals surface area contributed by atoms with Crippen molar-refractivity contribution >= 4 is 11.6 Å². The second kappa shape index (κ2) is 2090. The van der Waals surface area contributed by atoms with E-state index in [1.54, 1.807) is 0 Å². The maximum Gasteiger partial charge on any atom is 0.0108 e. The maximum absolute atomic E-state index is 4.64. The van der Waals surface area contributed by atoms with Crippen LogP contribution in [0.3, 0.4) is 0 Å². The number of hydrogen-bond acceptors (Lipinski definition) is 0. The first kappa shape index (κ1) is 26.6. The fourth-order valence-corrected chi connectivity index (χ4v) is 0. The molecule has 0 heterocycles. The minimum atomic E-state index is 0. The van der Waals surface area contributed by atoms with Crippen LogP contribution in [0.15, 0.2) is 0 Å². The molecule has 0 saturated carbocycles. The van der Waals surface area contributed by atoms with E-state index in [0.29, 0.717) is 0 Å². The Hall–Kier alpha value is 0.290. The van der Waals surface area contributed by atoms with Gasteiger partial charge in [0, 0.05) is 6.38 Å². The quantitative estimate of drug-likeness (QED) is 0.436. The topological polar surface area (TPSA) is 0 Å². The van der Waals surface area contributed by atoms with E-state index in [1.807, 2.05) is 27.7 Å². The van der Waals surface area contributed by atoms with Gasteiger partial charge >= 0.3 is 0 Å². The molecule has 0 rings (SSSR count). The Balaban J connectivity index is -0.00000000900. The molecule has 0 aromatic heterocycles. The molecule has 0 amide bonds. The third kappa shape index (κ3) is 1380. The van der Waals surface area contributed by atoms with Crippen molar-refractivity contribution in [3.8, 4) is 0 Å². The Labute approximate surface area is 53.9 Å². The summed E-state index contributed by atoms with van der Waals surface area (Å²) in [7, 11) is 0. The van der Waals surface area contributed by atoms with Gasteiger partial charge in [0.25, 0.3) is 0 Å². The molecular weight excluding hydrogens is 108 g/mol. The van der Waals surface area contributed by atoms with Crippen molar-refractivity contribution < 1.29 is 0 Å². The summed E-state index contributed by atoms with van der Waals surface area (Å²) >= 11 is 4.64. The van der Waals surface area contributed by atoms with E-state index in [9.17, 15) is 0 Å². The molecule has 0 fully saturated rings. The van der Waals surface area contributed by atoms with Crippen molar-refractivity contribution in [2.24, 2.45) is 0 Å². The summed E-state index contributed by atoms with van der Waals surface area (Å²) in [6, 6.07) is 0. The Bertz CT molecular complexity index is 4.14. The van der Waals surface area contributed by atoms with Crippen LogP contribution < -0.4 is 0 Å². The Morgan fingerprint density at radius 3 is 0.714 bits per heavy atom. The molecule has 0 aliphatic carbocycles. The zero-order valence-corrected chi connectivity index (χ0v) is 6.13. The van der Waals surface area contributed by atoms with E-state index in [0.717, 1.165) is 0 Å². The summed E-state index contributed by atoms with van der Waals surface area (Å²) in [5, 5.41) is 0. The van der Waals surface area contributed by atoms with Crippen LogP contribution in [0.5, 0.6) is 0 Å². The summed E-state index contributed by atoms with van der Waals surface area (Å²) in [6.45, 7) is 8.00. The van der Waals surface area contributed by atoms with Gasteiger partial charge in [-0.3, -0.25) is 0 Å². The summed E-state index contributed by atoms with van der Waals surface area (Å²) in [4.78, 5) is 0. The van der Waals surface area contributed by atoms with Crippen molar-refractivity contribution in [2.45, 2.75) is 35.1 Å². The molecule has 50 valence electrons. The molecule has 0 saturated heterocycles. The summed E-state index contributed by atoms with van der Waals surface area (Å²) in [5.74, 6) is 0. The molecule has 0 atom stereocenters. The normalized spacial score (nSPS) is 2.57. The van der Waals surface area contributed by atoms with Gasteiger partial charge in [-0.05, 0) is 0 Å². The predicted octanol–water partition coefficient (Wildman–Crippen LogP) is 3.54. The number of rotatable bonds is 0. The first-order valence-electron chi connectivity index (χ1n) is 2.38. The van der Waals surface area contributed by atoms with Crippen LogP contribution in [-0.2, 0) is 0 Å². The Kier molecular flexibility index (Phi) is 7970. The van der Waals surface area contributed by atoms with Gasteiger partial charge < -0.3 is 0 Å². The lowest BCUT2D eigenvalue weighted by Crippen LogP contribution is -0.856. The molecule has 0 radical (unpaired) electrons. The van der Waals surface area contributed by atoms with Gasteiger partial charge in [-0.1, -0.05) is 35.1 Å². The Morgan fingerprint density at radius 1 is 0.714 bits per heavy atom. The van der Waals surface area contributed by atoms with E-state index in [2.05, 4.69) is 11.6 Å².